The molecule has 24 heavy (non-hydrogen) atoms. The van der Waals surface area contributed by atoms with Crippen LogP contribution < -0.4 is 15.8 Å². The highest BCUT2D eigenvalue weighted by Gasteiger charge is 2.13. The molecule has 3 heterocycles. The summed E-state index contributed by atoms with van der Waals surface area (Å²) in [6.07, 6.45) is 2.82. The highest BCUT2D eigenvalue weighted by molar-refractivity contribution is 7.14. The zero-order valence-electron chi connectivity index (χ0n) is 12.9. The Bertz CT molecular complexity index is 849. The van der Waals surface area contributed by atoms with Crippen molar-refractivity contribution in [3.8, 4) is 22.4 Å². The van der Waals surface area contributed by atoms with Gasteiger partial charge in [0.25, 0.3) is 0 Å². The van der Waals surface area contributed by atoms with Gasteiger partial charge in [-0.15, -0.1) is 11.3 Å². The van der Waals surface area contributed by atoms with Gasteiger partial charge in [-0.25, -0.2) is 9.97 Å². The number of aromatic nitrogens is 4. The molecule has 0 aliphatic rings. The van der Waals surface area contributed by atoms with Crippen molar-refractivity contribution in [2.45, 2.75) is 13.0 Å². The summed E-state index contributed by atoms with van der Waals surface area (Å²) in [5.41, 5.74) is 6.69. The normalized spacial score (nSPS) is 11.7. The van der Waals surface area contributed by atoms with Gasteiger partial charge in [0, 0.05) is 12.6 Å². The molecule has 4 N–H and O–H groups in total. The lowest BCUT2D eigenvalue weighted by Crippen LogP contribution is -2.22. The van der Waals surface area contributed by atoms with Crippen molar-refractivity contribution in [1.82, 2.24) is 20.2 Å². The van der Waals surface area contributed by atoms with Crippen LogP contribution in [0.15, 0.2) is 29.9 Å². The van der Waals surface area contributed by atoms with Gasteiger partial charge in [-0.3, -0.25) is 5.10 Å². The number of nitrogens with zero attached hydrogens (tertiary/aromatic N) is 4. The maximum atomic E-state index is 8.72. The van der Waals surface area contributed by atoms with Crippen molar-refractivity contribution >= 4 is 23.0 Å². The summed E-state index contributed by atoms with van der Waals surface area (Å²) in [6, 6.07) is 5.68. The van der Waals surface area contributed by atoms with Crippen molar-refractivity contribution in [3.05, 3.63) is 35.6 Å². The third-order valence-electron chi connectivity index (χ3n) is 3.13. The second kappa shape index (κ2) is 7.08. The Balaban J connectivity index is 1.76. The number of ether oxygens (including phenoxy) is 1. The number of hydrogen-bond donors (Lipinski definition) is 3. The van der Waals surface area contributed by atoms with Crippen LogP contribution >= 0.6 is 11.3 Å². The zero-order chi connectivity index (χ0) is 16.9. The summed E-state index contributed by atoms with van der Waals surface area (Å²) in [6.45, 7) is 2.37. The Morgan fingerprint density at radius 2 is 2.29 bits per heavy atom. The predicted octanol–water partition coefficient (Wildman–Crippen LogP) is 2.27. The molecule has 0 saturated carbocycles. The molecule has 0 radical (unpaired) electrons. The summed E-state index contributed by atoms with van der Waals surface area (Å²) >= 11 is 1.55. The minimum atomic E-state index is -0.0622. The van der Waals surface area contributed by atoms with Gasteiger partial charge < -0.3 is 15.8 Å². The van der Waals surface area contributed by atoms with E-state index < -0.39 is 0 Å². The van der Waals surface area contributed by atoms with Crippen LogP contribution in [0.2, 0.25) is 0 Å². The Labute approximate surface area is 142 Å². The number of nitrogens with two attached hydrogens (primary N) is 1. The lowest BCUT2D eigenvalue weighted by atomic mass is 10.3. The van der Waals surface area contributed by atoms with Crippen LogP contribution in [0.4, 0.5) is 11.6 Å². The smallest absolute Gasteiger partial charge is 0.158 e. The zero-order valence-corrected chi connectivity index (χ0v) is 13.7. The van der Waals surface area contributed by atoms with Crippen LogP contribution in [-0.4, -0.2) is 32.8 Å². The van der Waals surface area contributed by atoms with Crippen LogP contribution in [0.5, 0.6) is 5.75 Å². The SMILES string of the molecule is C[C@@H](CN)Oc1ccsc1-c1cc(Nc2cnc(C#N)cn2)n[nH]1. The molecular formula is C15H15N7OS. The molecule has 8 nitrogen and oxygen atoms in total. The number of nitrogens with one attached hydrogen (secondary N) is 2. The van der Waals surface area contributed by atoms with Gasteiger partial charge in [-0.1, -0.05) is 0 Å². The fourth-order valence-electron chi connectivity index (χ4n) is 1.94. The molecule has 0 spiro atoms. The lowest BCUT2D eigenvalue weighted by molar-refractivity contribution is 0.232. The van der Waals surface area contributed by atoms with Crippen molar-refractivity contribution in [3.63, 3.8) is 0 Å². The average Bonchev–Trinajstić information content (AvgIpc) is 3.24. The summed E-state index contributed by atoms with van der Waals surface area (Å²) < 4.78 is 5.81. The Morgan fingerprint density at radius 3 is 3.00 bits per heavy atom. The van der Waals surface area contributed by atoms with Gasteiger partial charge in [0.2, 0.25) is 0 Å². The molecule has 3 aromatic rings. The molecule has 0 aliphatic carbocycles. The third kappa shape index (κ3) is 3.51. The first-order chi connectivity index (χ1) is 11.7. The number of rotatable bonds is 6. The molecule has 3 aromatic heterocycles. The van der Waals surface area contributed by atoms with Crippen molar-refractivity contribution in [2.24, 2.45) is 5.73 Å². The van der Waals surface area contributed by atoms with Gasteiger partial charge in [-0.2, -0.15) is 10.4 Å². The van der Waals surface area contributed by atoms with E-state index in [1.54, 1.807) is 11.3 Å². The van der Waals surface area contributed by atoms with E-state index in [0.29, 0.717) is 18.2 Å². The molecule has 0 unspecified atom stereocenters. The first kappa shape index (κ1) is 15.9. The Kier molecular flexibility index (Phi) is 4.69. The molecule has 1 atom stereocenters. The molecule has 0 aromatic carbocycles. The van der Waals surface area contributed by atoms with E-state index in [-0.39, 0.29) is 11.8 Å². The minimum absolute atomic E-state index is 0.0622. The Morgan fingerprint density at radius 1 is 1.42 bits per heavy atom. The molecule has 9 heteroatoms. The van der Waals surface area contributed by atoms with E-state index in [2.05, 4.69) is 25.5 Å². The molecule has 0 aliphatic heterocycles. The average molecular weight is 341 g/mol. The molecule has 3 rings (SSSR count). The maximum Gasteiger partial charge on any atom is 0.158 e. The van der Waals surface area contributed by atoms with E-state index in [1.807, 2.05) is 30.5 Å². The van der Waals surface area contributed by atoms with E-state index in [1.165, 1.54) is 12.4 Å². The van der Waals surface area contributed by atoms with Gasteiger partial charge >= 0.3 is 0 Å². The number of hydrogen-bond acceptors (Lipinski definition) is 8. The Hall–Kier alpha value is -2.96. The second-order valence-corrected chi connectivity index (χ2v) is 5.88. The largest absolute Gasteiger partial charge is 0.488 e. The van der Waals surface area contributed by atoms with Crippen molar-refractivity contribution in [2.75, 3.05) is 11.9 Å². The molecule has 0 fully saturated rings. The first-order valence-corrected chi connectivity index (χ1v) is 8.06. The molecule has 0 saturated heterocycles. The second-order valence-electron chi connectivity index (χ2n) is 4.97. The highest BCUT2D eigenvalue weighted by Crippen LogP contribution is 2.36. The predicted molar refractivity (Wildman–Crippen MR) is 91.1 cm³/mol. The van der Waals surface area contributed by atoms with Crippen molar-refractivity contribution < 1.29 is 4.74 Å². The van der Waals surface area contributed by atoms with Gasteiger partial charge in [0.05, 0.1) is 23.0 Å². The van der Waals surface area contributed by atoms with Crippen LogP contribution in [0.3, 0.4) is 0 Å². The van der Waals surface area contributed by atoms with E-state index in [0.717, 1.165) is 16.3 Å². The topological polar surface area (TPSA) is 126 Å². The van der Waals surface area contributed by atoms with Crippen LogP contribution in [0, 0.1) is 11.3 Å². The number of aromatic amines is 1. The van der Waals surface area contributed by atoms with E-state index in [9.17, 15) is 0 Å². The van der Waals surface area contributed by atoms with Crippen molar-refractivity contribution in [1.29, 1.82) is 5.26 Å². The van der Waals surface area contributed by atoms with E-state index >= 15 is 0 Å². The maximum absolute atomic E-state index is 8.72. The number of nitriles is 1. The lowest BCUT2D eigenvalue weighted by Gasteiger charge is -2.12. The van der Waals surface area contributed by atoms with Crippen LogP contribution in [0.1, 0.15) is 12.6 Å². The van der Waals surface area contributed by atoms with Crippen LogP contribution in [0.25, 0.3) is 10.6 Å². The molecule has 0 bridgehead atoms. The van der Waals surface area contributed by atoms with Gasteiger partial charge in [0.15, 0.2) is 11.5 Å². The summed E-state index contributed by atoms with van der Waals surface area (Å²) in [5, 5.41) is 20.9. The van der Waals surface area contributed by atoms with Crippen LogP contribution in [-0.2, 0) is 0 Å². The van der Waals surface area contributed by atoms with Gasteiger partial charge in [0.1, 0.15) is 23.7 Å². The summed E-state index contributed by atoms with van der Waals surface area (Å²) in [7, 11) is 0. The first-order valence-electron chi connectivity index (χ1n) is 7.18. The number of anilines is 2. The minimum Gasteiger partial charge on any atom is -0.488 e. The monoisotopic (exact) mass is 341 g/mol. The quantitative estimate of drug-likeness (QED) is 0.628. The van der Waals surface area contributed by atoms with Gasteiger partial charge in [-0.05, 0) is 18.4 Å². The standard InChI is InChI=1S/C15H15N7OS/c1-9(5-16)23-12-2-3-24-15(12)11-4-13(22-21-11)20-14-8-18-10(6-17)7-19-14/h2-4,7-9H,5,16H2,1H3,(H2,19,20,21,22)/t9-/m0/s1. The third-order valence-corrected chi connectivity index (χ3v) is 4.06. The van der Waals surface area contributed by atoms with E-state index in [4.69, 9.17) is 15.7 Å². The highest BCUT2D eigenvalue weighted by atomic mass is 32.1. The molecular weight excluding hydrogens is 326 g/mol. The molecule has 122 valence electrons. The number of thiophene rings is 1. The number of H-pyrrole nitrogens is 1. The fourth-order valence-corrected chi connectivity index (χ4v) is 2.73. The summed E-state index contributed by atoms with van der Waals surface area (Å²) in [5.74, 6) is 1.87. The molecule has 0 amide bonds. The summed E-state index contributed by atoms with van der Waals surface area (Å²) in [4.78, 5) is 9.00. The fraction of sp³-hybridized carbons (Fsp3) is 0.200.